The summed E-state index contributed by atoms with van der Waals surface area (Å²) in [5.41, 5.74) is -0.735. The van der Waals surface area contributed by atoms with Gasteiger partial charge in [-0.25, -0.2) is 4.98 Å². The molecule has 0 unspecified atom stereocenters. The van der Waals surface area contributed by atoms with E-state index in [9.17, 15) is 18.0 Å². The fraction of sp³-hybridized carbons (Fsp3) is 0.200. The highest BCUT2D eigenvalue weighted by Gasteiger charge is 2.33. The van der Waals surface area contributed by atoms with Gasteiger partial charge in [-0.2, -0.15) is 13.2 Å². The predicted molar refractivity (Wildman–Crippen MR) is 54.0 cm³/mol. The number of hydrogen-bond acceptors (Lipinski definition) is 2. The van der Waals surface area contributed by atoms with E-state index in [0.29, 0.717) is 6.29 Å². The molecular weight excluding hydrogens is 243 g/mol. The first kappa shape index (κ1) is 12.7. The van der Waals surface area contributed by atoms with Crippen molar-refractivity contribution in [2.45, 2.75) is 12.6 Å². The molecule has 16 heavy (non-hydrogen) atoms. The zero-order chi connectivity index (χ0) is 12.2. The van der Waals surface area contributed by atoms with E-state index in [1.54, 1.807) is 0 Å². The highest BCUT2D eigenvalue weighted by molar-refractivity contribution is 6.30. The Morgan fingerprint density at radius 1 is 1.44 bits per heavy atom. The quantitative estimate of drug-likeness (QED) is 0.607. The van der Waals surface area contributed by atoms with E-state index >= 15 is 0 Å². The van der Waals surface area contributed by atoms with E-state index in [0.717, 1.165) is 6.07 Å². The maximum absolute atomic E-state index is 12.4. The first-order valence-corrected chi connectivity index (χ1v) is 4.66. The molecule has 0 fully saturated rings. The summed E-state index contributed by atoms with van der Waals surface area (Å²) in [4.78, 5) is 13.4. The molecule has 0 spiro atoms. The number of allylic oxidation sites excluding steroid dienone is 1. The Morgan fingerprint density at radius 2 is 2.12 bits per heavy atom. The molecule has 0 amide bonds. The van der Waals surface area contributed by atoms with Gasteiger partial charge in [-0.15, -0.1) is 0 Å². The summed E-state index contributed by atoms with van der Waals surface area (Å²) in [6.07, 6.45) is 0.289. The van der Waals surface area contributed by atoms with Gasteiger partial charge in [-0.3, -0.25) is 0 Å². The van der Waals surface area contributed by atoms with Crippen molar-refractivity contribution < 1.29 is 18.0 Å². The largest absolute Gasteiger partial charge is 0.419 e. The van der Waals surface area contributed by atoms with E-state index in [1.807, 2.05) is 0 Å². The Kier molecular flexibility index (Phi) is 4.06. The monoisotopic (exact) mass is 249 g/mol. The predicted octanol–water partition coefficient (Wildman–Crippen LogP) is 3.36. The first-order chi connectivity index (χ1) is 7.45. The molecule has 0 aliphatic carbocycles. The van der Waals surface area contributed by atoms with Crippen LogP contribution >= 0.6 is 11.6 Å². The summed E-state index contributed by atoms with van der Waals surface area (Å²) >= 11 is 5.33. The molecule has 0 aliphatic rings. The number of alkyl halides is 3. The van der Waals surface area contributed by atoms with Crippen molar-refractivity contribution in [1.82, 2.24) is 4.98 Å². The summed E-state index contributed by atoms with van der Waals surface area (Å²) in [5.74, 6) is 0. The summed E-state index contributed by atoms with van der Waals surface area (Å²) in [5, 5.41) is -0.583. The van der Waals surface area contributed by atoms with Crippen molar-refractivity contribution >= 4 is 24.0 Å². The van der Waals surface area contributed by atoms with Crippen LogP contribution in [0.25, 0.3) is 6.08 Å². The van der Waals surface area contributed by atoms with Crippen LogP contribution in [0, 0.1) is 0 Å². The van der Waals surface area contributed by atoms with Crippen molar-refractivity contribution in [1.29, 1.82) is 0 Å². The molecule has 0 saturated heterocycles. The maximum atomic E-state index is 12.4. The summed E-state index contributed by atoms with van der Waals surface area (Å²) in [6, 6.07) is 0.886. The minimum atomic E-state index is -4.53. The Balaban J connectivity index is 3.03. The SMILES string of the molecule is O=CCC=Cc1cnc(Cl)c(C(F)(F)F)c1. The topological polar surface area (TPSA) is 30.0 Å². The van der Waals surface area contributed by atoms with Gasteiger partial charge < -0.3 is 4.79 Å². The van der Waals surface area contributed by atoms with Crippen LogP contribution < -0.4 is 0 Å². The minimum Gasteiger partial charge on any atom is -0.303 e. The van der Waals surface area contributed by atoms with E-state index < -0.39 is 16.9 Å². The second-order valence-corrected chi connectivity index (χ2v) is 3.27. The van der Waals surface area contributed by atoms with Crippen LogP contribution in [0.2, 0.25) is 5.15 Å². The standard InChI is InChI=1S/C10H7ClF3NO/c11-9-8(10(12,13)14)5-7(6-15-9)3-1-2-4-16/h1,3-6H,2H2. The molecular formula is C10H7ClF3NO. The fourth-order valence-corrected chi connectivity index (χ4v) is 1.22. The second kappa shape index (κ2) is 5.12. The lowest BCUT2D eigenvalue weighted by Crippen LogP contribution is -2.07. The average Bonchev–Trinajstić information content (AvgIpc) is 2.19. The first-order valence-electron chi connectivity index (χ1n) is 4.28. The van der Waals surface area contributed by atoms with Crippen LogP contribution in [-0.4, -0.2) is 11.3 Å². The van der Waals surface area contributed by atoms with Crippen LogP contribution in [0.4, 0.5) is 13.2 Å². The highest BCUT2D eigenvalue weighted by atomic mass is 35.5. The van der Waals surface area contributed by atoms with Crippen LogP contribution in [0.1, 0.15) is 17.5 Å². The van der Waals surface area contributed by atoms with Gasteiger partial charge in [-0.05, 0) is 11.6 Å². The third-order valence-electron chi connectivity index (χ3n) is 1.71. The molecule has 86 valence electrons. The van der Waals surface area contributed by atoms with Gasteiger partial charge >= 0.3 is 6.18 Å². The van der Waals surface area contributed by atoms with Crippen LogP contribution in [-0.2, 0) is 11.0 Å². The van der Waals surface area contributed by atoms with E-state index in [-0.39, 0.29) is 12.0 Å². The maximum Gasteiger partial charge on any atom is 0.419 e. The number of carbonyl (C=O) groups is 1. The Labute approximate surface area is 94.7 Å². The molecule has 0 bridgehead atoms. The van der Waals surface area contributed by atoms with Gasteiger partial charge in [0.25, 0.3) is 0 Å². The molecule has 0 radical (unpaired) electrons. The normalized spacial score (nSPS) is 12.0. The van der Waals surface area contributed by atoms with Gasteiger partial charge in [0.15, 0.2) is 0 Å². The number of pyridine rings is 1. The van der Waals surface area contributed by atoms with Gasteiger partial charge in [-0.1, -0.05) is 23.8 Å². The third kappa shape index (κ3) is 3.34. The third-order valence-corrected chi connectivity index (χ3v) is 2.01. The minimum absolute atomic E-state index is 0.143. The molecule has 1 heterocycles. The average molecular weight is 250 g/mol. The van der Waals surface area contributed by atoms with Crippen molar-refractivity contribution in [2.24, 2.45) is 0 Å². The van der Waals surface area contributed by atoms with Gasteiger partial charge in [0.05, 0.1) is 5.56 Å². The Hall–Kier alpha value is -1.36. The highest BCUT2D eigenvalue weighted by Crippen LogP contribution is 2.34. The van der Waals surface area contributed by atoms with Crippen molar-refractivity contribution in [3.05, 3.63) is 34.6 Å². The van der Waals surface area contributed by atoms with Crippen LogP contribution in [0.15, 0.2) is 18.3 Å². The number of nitrogens with zero attached hydrogens (tertiary/aromatic N) is 1. The molecule has 1 aromatic rings. The Bertz CT molecular complexity index is 415. The van der Waals surface area contributed by atoms with Gasteiger partial charge in [0.2, 0.25) is 0 Å². The molecule has 0 saturated carbocycles. The zero-order valence-electron chi connectivity index (χ0n) is 7.96. The molecule has 1 aromatic heterocycles. The molecule has 0 atom stereocenters. The smallest absolute Gasteiger partial charge is 0.303 e. The van der Waals surface area contributed by atoms with E-state index in [4.69, 9.17) is 11.6 Å². The number of aromatic nitrogens is 1. The van der Waals surface area contributed by atoms with Gasteiger partial charge in [0, 0.05) is 12.6 Å². The lowest BCUT2D eigenvalue weighted by atomic mass is 10.2. The molecule has 0 N–H and O–H groups in total. The summed E-state index contributed by atoms with van der Waals surface area (Å²) in [7, 11) is 0. The number of carbonyl (C=O) groups excluding carboxylic acids is 1. The number of hydrogen-bond donors (Lipinski definition) is 0. The number of halogens is 4. The summed E-state index contributed by atoms with van der Waals surface area (Å²) in [6.45, 7) is 0. The molecule has 2 nitrogen and oxygen atoms in total. The molecule has 0 aliphatic heterocycles. The van der Waals surface area contributed by atoms with Crippen LogP contribution in [0.3, 0.4) is 0 Å². The molecule has 1 rings (SSSR count). The van der Waals surface area contributed by atoms with E-state index in [1.165, 1.54) is 18.3 Å². The number of rotatable bonds is 3. The molecule has 6 heteroatoms. The Morgan fingerprint density at radius 3 is 2.69 bits per heavy atom. The van der Waals surface area contributed by atoms with Crippen molar-refractivity contribution in [2.75, 3.05) is 0 Å². The number of aldehydes is 1. The molecule has 0 aromatic carbocycles. The van der Waals surface area contributed by atoms with Crippen LogP contribution in [0.5, 0.6) is 0 Å². The zero-order valence-corrected chi connectivity index (χ0v) is 8.72. The van der Waals surface area contributed by atoms with E-state index in [2.05, 4.69) is 4.98 Å². The van der Waals surface area contributed by atoms with Gasteiger partial charge in [0.1, 0.15) is 11.4 Å². The lowest BCUT2D eigenvalue weighted by molar-refractivity contribution is -0.137. The fourth-order valence-electron chi connectivity index (χ4n) is 1.01. The van der Waals surface area contributed by atoms with Crippen molar-refractivity contribution in [3.8, 4) is 0 Å². The second-order valence-electron chi connectivity index (χ2n) is 2.91. The lowest BCUT2D eigenvalue weighted by Gasteiger charge is -2.08. The summed E-state index contributed by atoms with van der Waals surface area (Å²) < 4.78 is 37.2. The van der Waals surface area contributed by atoms with Crippen molar-refractivity contribution in [3.63, 3.8) is 0 Å².